The molecule has 0 N–H and O–H groups in total. The van der Waals surface area contributed by atoms with Crippen molar-refractivity contribution >= 4 is 23.4 Å². The number of nitrogens with zero attached hydrogens (tertiary/aromatic N) is 3. The molecule has 0 unspecified atom stereocenters. The van der Waals surface area contributed by atoms with Crippen LogP contribution in [0.2, 0.25) is 5.02 Å². The Labute approximate surface area is 118 Å². The van der Waals surface area contributed by atoms with Crippen LogP contribution in [-0.4, -0.2) is 53.3 Å². The van der Waals surface area contributed by atoms with Crippen molar-refractivity contribution < 1.29 is 9.59 Å². The third-order valence-electron chi connectivity index (χ3n) is 2.83. The van der Waals surface area contributed by atoms with E-state index in [1.165, 1.54) is 17.3 Å². The van der Waals surface area contributed by atoms with Crippen molar-refractivity contribution in [3.63, 3.8) is 0 Å². The molecule has 0 aliphatic carbocycles. The second kappa shape index (κ2) is 7.09. The first-order valence-electron chi connectivity index (χ1n) is 6.14. The minimum atomic E-state index is -0.307. The molecular formula is C13H18ClN3O2. The van der Waals surface area contributed by atoms with Gasteiger partial charge >= 0.3 is 0 Å². The summed E-state index contributed by atoms with van der Waals surface area (Å²) in [4.78, 5) is 30.9. The van der Waals surface area contributed by atoms with Crippen molar-refractivity contribution in [2.75, 3.05) is 26.7 Å². The van der Waals surface area contributed by atoms with Gasteiger partial charge < -0.3 is 9.80 Å². The van der Waals surface area contributed by atoms with E-state index in [9.17, 15) is 9.59 Å². The predicted molar refractivity (Wildman–Crippen MR) is 74.1 cm³/mol. The van der Waals surface area contributed by atoms with E-state index in [-0.39, 0.29) is 18.4 Å². The molecule has 104 valence electrons. The van der Waals surface area contributed by atoms with Crippen molar-refractivity contribution in [2.45, 2.75) is 13.8 Å². The molecule has 0 aliphatic heterocycles. The molecule has 1 rings (SSSR count). The minimum Gasteiger partial charge on any atom is -0.342 e. The molecule has 0 fully saturated rings. The van der Waals surface area contributed by atoms with Crippen molar-refractivity contribution in [2.24, 2.45) is 0 Å². The fourth-order valence-corrected chi connectivity index (χ4v) is 1.88. The van der Waals surface area contributed by atoms with Gasteiger partial charge in [0.25, 0.3) is 5.91 Å². The maximum Gasteiger partial charge on any atom is 0.257 e. The van der Waals surface area contributed by atoms with E-state index in [0.717, 1.165) is 0 Å². The van der Waals surface area contributed by atoms with Gasteiger partial charge in [-0.05, 0) is 19.9 Å². The molecule has 0 spiro atoms. The Balaban J connectivity index is 2.74. The number of halogens is 1. The Morgan fingerprint density at radius 1 is 1.32 bits per heavy atom. The lowest BCUT2D eigenvalue weighted by Crippen LogP contribution is -2.41. The Morgan fingerprint density at radius 2 is 1.95 bits per heavy atom. The van der Waals surface area contributed by atoms with Crippen LogP contribution < -0.4 is 0 Å². The lowest BCUT2D eigenvalue weighted by atomic mass is 10.2. The monoisotopic (exact) mass is 283 g/mol. The molecule has 0 aliphatic rings. The van der Waals surface area contributed by atoms with E-state index in [4.69, 9.17) is 11.6 Å². The molecule has 1 aromatic rings. The van der Waals surface area contributed by atoms with Crippen molar-refractivity contribution in [1.29, 1.82) is 0 Å². The first-order chi connectivity index (χ1) is 9.01. The molecule has 0 radical (unpaired) electrons. The molecule has 1 heterocycles. The Morgan fingerprint density at radius 3 is 2.47 bits per heavy atom. The third-order valence-corrected chi connectivity index (χ3v) is 3.16. The fraction of sp³-hybridized carbons (Fsp3) is 0.462. The largest absolute Gasteiger partial charge is 0.342 e. The maximum absolute atomic E-state index is 12.1. The van der Waals surface area contributed by atoms with Crippen LogP contribution in [0.5, 0.6) is 0 Å². The molecule has 5 nitrogen and oxygen atoms in total. The average molecular weight is 284 g/mol. The number of aromatic nitrogens is 1. The van der Waals surface area contributed by atoms with Gasteiger partial charge in [0.15, 0.2) is 0 Å². The minimum absolute atomic E-state index is 0.0335. The first kappa shape index (κ1) is 15.4. The number of likely N-dealkylation sites (N-methyl/N-ethyl adjacent to an activating group) is 2. The lowest BCUT2D eigenvalue weighted by molar-refractivity contribution is -0.131. The van der Waals surface area contributed by atoms with Crippen LogP contribution in [0.25, 0.3) is 0 Å². The van der Waals surface area contributed by atoms with Crippen LogP contribution in [0, 0.1) is 0 Å². The van der Waals surface area contributed by atoms with Gasteiger partial charge in [-0.1, -0.05) is 11.6 Å². The Bertz CT molecular complexity index is 461. The topological polar surface area (TPSA) is 53.5 Å². The zero-order valence-corrected chi connectivity index (χ0v) is 12.1. The van der Waals surface area contributed by atoms with Crippen molar-refractivity contribution in [3.8, 4) is 0 Å². The summed E-state index contributed by atoms with van der Waals surface area (Å²) in [5, 5.41) is 0.335. The molecule has 2 amide bonds. The number of pyridine rings is 1. The highest BCUT2D eigenvalue weighted by atomic mass is 35.5. The molecular weight excluding hydrogens is 266 g/mol. The van der Waals surface area contributed by atoms with Gasteiger partial charge in [-0.25, -0.2) is 0 Å². The van der Waals surface area contributed by atoms with E-state index >= 15 is 0 Å². The summed E-state index contributed by atoms with van der Waals surface area (Å²) in [6.45, 7) is 5.10. The molecule has 0 saturated carbocycles. The first-order valence-corrected chi connectivity index (χ1v) is 6.51. The number of rotatable bonds is 5. The van der Waals surface area contributed by atoms with Gasteiger partial charge in [0, 0.05) is 32.5 Å². The summed E-state index contributed by atoms with van der Waals surface area (Å²) in [6.07, 6.45) is 2.92. The third kappa shape index (κ3) is 3.92. The van der Waals surface area contributed by atoms with Gasteiger partial charge in [0.05, 0.1) is 17.1 Å². The maximum atomic E-state index is 12.1. The highest BCUT2D eigenvalue weighted by Gasteiger charge is 2.19. The molecule has 0 atom stereocenters. The van der Waals surface area contributed by atoms with E-state index < -0.39 is 0 Å². The van der Waals surface area contributed by atoms with Gasteiger partial charge in [-0.15, -0.1) is 0 Å². The van der Waals surface area contributed by atoms with Crippen LogP contribution in [0.4, 0.5) is 0 Å². The molecule has 19 heavy (non-hydrogen) atoms. The summed E-state index contributed by atoms with van der Waals surface area (Å²) in [5.74, 6) is -0.389. The van der Waals surface area contributed by atoms with E-state index in [2.05, 4.69) is 4.98 Å². The lowest BCUT2D eigenvalue weighted by Gasteiger charge is -2.23. The molecule has 0 aromatic carbocycles. The van der Waals surface area contributed by atoms with Crippen molar-refractivity contribution in [1.82, 2.24) is 14.8 Å². The average Bonchev–Trinajstić information content (AvgIpc) is 2.39. The normalized spacial score (nSPS) is 10.1. The quantitative estimate of drug-likeness (QED) is 0.826. The van der Waals surface area contributed by atoms with Gasteiger partial charge in [-0.3, -0.25) is 14.6 Å². The number of amides is 2. The molecule has 0 bridgehead atoms. The van der Waals surface area contributed by atoms with Gasteiger partial charge in [-0.2, -0.15) is 0 Å². The Hall–Kier alpha value is -1.62. The molecule has 1 aromatic heterocycles. The Kier molecular flexibility index (Phi) is 5.76. The summed E-state index contributed by atoms with van der Waals surface area (Å²) in [6, 6.07) is 1.55. The van der Waals surface area contributed by atoms with Crippen LogP contribution in [0.1, 0.15) is 24.2 Å². The number of carbonyl (C=O) groups excluding carboxylic acids is 2. The highest BCUT2D eigenvalue weighted by molar-refractivity contribution is 6.33. The van der Waals surface area contributed by atoms with Crippen LogP contribution in [-0.2, 0) is 4.79 Å². The zero-order valence-electron chi connectivity index (χ0n) is 11.4. The second-order valence-corrected chi connectivity index (χ2v) is 4.49. The van der Waals surface area contributed by atoms with Gasteiger partial charge in [0.2, 0.25) is 5.91 Å². The summed E-state index contributed by atoms with van der Waals surface area (Å²) >= 11 is 5.93. The van der Waals surface area contributed by atoms with Crippen molar-refractivity contribution in [3.05, 3.63) is 29.0 Å². The van der Waals surface area contributed by atoms with E-state index in [1.54, 1.807) is 18.0 Å². The fourth-order valence-electron chi connectivity index (χ4n) is 1.69. The predicted octanol–water partition coefficient (Wildman–Crippen LogP) is 1.68. The molecule has 6 heteroatoms. The van der Waals surface area contributed by atoms with Crippen LogP contribution in [0.15, 0.2) is 18.5 Å². The number of hydrogen-bond acceptors (Lipinski definition) is 3. The van der Waals surface area contributed by atoms with Crippen LogP contribution in [0.3, 0.4) is 0 Å². The van der Waals surface area contributed by atoms with E-state index in [1.807, 2.05) is 13.8 Å². The SMILES string of the molecule is CCN(CC)C(=O)CN(C)C(=O)c1cnccc1Cl. The molecule has 0 saturated heterocycles. The van der Waals surface area contributed by atoms with Gasteiger partial charge in [0.1, 0.15) is 0 Å². The number of carbonyl (C=O) groups is 2. The van der Waals surface area contributed by atoms with E-state index in [0.29, 0.717) is 23.7 Å². The zero-order chi connectivity index (χ0) is 14.4. The summed E-state index contributed by atoms with van der Waals surface area (Å²) < 4.78 is 0. The smallest absolute Gasteiger partial charge is 0.257 e. The highest BCUT2D eigenvalue weighted by Crippen LogP contribution is 2.15. The summed E-state index contributed by atoms with van der Waals surface area (Å²) in [7, 11) is 1.58. The standard InChI is InChI=1S/C13H18ClN3O2/c1-4-17(5-2)12(18)9-16(3)13(19)10-8-15-7-6-11(10)14/h6-8H,4-5,9H2,1-3H3. The van der Waals surface area contributed by atoms with Crippen LogP contribution >= 0.6 is 11.6 Å². The summed E-state index contributed by atoms with van der Waals surface area (Å²) in [5.41, 5.74) is 0.305. The number of hydrogen-bond donors (Lipinski definition) is 0. The second-order valence-electron chi connectivity index (χ2n) is 4.08.